The van der Waals surface area contributed by atoms with E-state index in [0.29, 0.717) is 0 Å². The smallest absolute Gasteiger partial charge is 1.00 e. The molecule has 0 aliphatic heterocycles. The number of phosphoric acid groups is 2. The van der Waals surface area contributed by atoms with Gasteiger partial charge in [-0.05, 0) is 0 Å². The van der Waals surface area contributed by atoms with E-state index in [9.17, 15) is 0 Å². The van der Waals surface area contributed by atoms with Gasteiger partial charge in [0, 0.05) is 0 Å². The van der Waals surface area contributed by atoms with Gasteiger partial charge in [-0.3, -0.25) is 4.57 Å². The predicted octanol–water partition coefficient (Wildman–Crippen LogP) is -16.5. The molecular formula is CH7K3MgN2O11P2. The quantitative estimate of drug-likeness (QED) is 0.105. The van der Waals surface area contributed by atoms with E-state index in [1.54, 1.807) is 0 Å². The summed E-state index contributed by atoms with van der Waals surface area (Å²) in [7, 11) is -10.0. The van der Waals surface area contributed by atoms with Crippen molar-refractivity contribution in [2.75, 3.05) is 0 Å². The Balaban J connectivity index is -0.0000000155. The molecule has 19 heteroatoms. The van der Waals surface area contributed by atoms with E-state index in [1.807, 2.05) is 0 Å². The van der Waals surface area contributed by atoms with E-state index in [2.05, 4.69) is 11.5 Å². The average Bonchev–Trinajstić information content (AvgIpc) is 1.80. The number of urea groups is 1. The van der Waals surface area contributed by atoms with Crippen molar-refractivity contribution in [1.82, 2.24) is 0 Å². The van der Waals surface area contributed by atoms with Crippen LogP contribution in [0, 0.1) is 0 Å². The third-order valence-corrected chi connectivity index (χ3v) is 0. The van der Waals surface area contributed by atoms with Crippen LogP contribution in [0.4, 0.5) is 4.79 Å². The largest absolute Gasteiger partial charge is 2.00 e. The molecule has 0 atom stereocenters. The van der Waals surface area contributed by atoms with Crippen LogP contribution in [0.1, 0.15) is 0 Å². The predicted molar refractivity (Wildman–Crippen MR) is 41.4 cm³/mol. The fraction of sp³-hybridized carbons (Fsp3) is 0. The molecule has 0 aliphatic carbocycles. The molecule has 0 aromatic carbocycles. The van der Waals surface area contributed by atoms with Gasteiger partial charge in [-0.15, -0.1) is 0 Å². The molecule has 0 rings (SSSR count). The molecular weight excluding hydrogens is 420 g/mol. The van der Waals surface area contributed by atoms with Gasteiger partial charge >= 0.3 is 183 Å². The van der Waals surface area contributed by atoms with Crippen molar-refractivity contribution in [3.63, 3.8) is 0 Å². The Morgan fingerprint density at radius 2 is 0.850 bits per heavy atom. The average molecular weight is 427 g/mol. The monoisotopic (exact) mass is 426 g/mol. The summed E-state index contributed by atoms with van der Waals surface area (Å²) in [6.07, 6.45) is 0. The van der Waals surface area contributed by atoms with Crippen LogP contribution in [-0.4, -0.2) is 43.8 Å². The molecule has 102 valence electrons. The van der Waals surface area contributed by atoms with Crippen molar-refractivity contribution < 1.29 is 208 Å². The van der Waals surface area contributed by atoms with Crippen molar-refractivity contribution in [3.05, 3.63) is 0 Å². The number of carbonyl (C=O) groups excluding carboxylic acids is 1. The second-order valence-corrected chi connectivity index (χ2v) is 3.28. The van der Waals surface area contributed by atoms with Crippen LogP contribution in [0.5, 0.6) is 0 Å². The molecule has 0 radical (unpaired) electrons. The van der Waals surface area contributed by atoms with Gasteiger partial charge in [0.15, 0.2) is 0 Å². The van der Waals surface area contributed by atoms with Crippen molar-refractivity contribution >= 4 is 44.7 Å². The zero-order valence-electron chi connectivity index (χ0n) is 10.9. The van der Waals surface area contributed by atoms with E-state index in [4.69, 9.17) is 53.8 Å². The van der Waals surface area contributed by atoms with Crippen molar-refractivity contribution in [1.29, 1.82) is 0 Å². The zero-order valence-corrected chi connectivity index (χ0v) is 23.4. The Labute approximate surface area is 257 Å². The van der Waals surface area contributed by atoms with E-state index < -0.39 is 21.7 Å². The molecule has 2 amide bonds. The first kappa shape index (κ1) is 49.9. The minimum Gasteiger partial charge on any atom is -1.00 e. The summed E-state index contributed by atoms with van der Waals surface area (Å²) in [5, 5.41) is 14.0. The first-order valence-corrected chi connectivity index (χ1v) is 5.49. The first-order valence-electron chi connectivity index (χ1n) is 2.46. The second kappa shape index (κ2) is 31.8. The van der Waals surface area contributed by atoms with Crippen LogP contribution in [-0.2, 0) is 9.13 Å². The molecule has 20 heavy (non-hydrogen) atoms. The molecule has 0 saturated heterocycles. The van der Waals surface area contributed by atoms with Gasteiger partial charge < -0.3 is 55.9 Å². The fourth-order valence-electron chi connectivity index (χ4n) is 0. The van der Waals surface area contributed by atoms with Gasteiger partial charge in [0.1, 0.15) is 0 Å². The van der Waals surface area contributed by atoms with E-state index in [0.717, 1.165) is 0 Å². The zero-order chi connectivity index (χ0) is 14.6. The topological polar surface area (TPSA) is 279 Å². The molecule has 0 bridgehead atoms. The summed E-state index contributed by atoms with van der Waals surface area (Å²) in [5.41, 5.74) is 8.50. The maximum absolute atomic E-state index is 9.00. The fourth-order valence-corrected chi connectivity index (χ4v) is 0. The van der Waals surface area contributed by atoms with Crippen LogP contribution >= 0.6 is 15.6 Å². The number of carbonyl (C=O) groups is 1. The Kier molecular flexibility index (Phi) is 79.3. The summed E-state index contributed by atoms with van der Waals surface area (Å²) in [4.78, 5) is 56.2. The molecule has 0 spiro atoms. The van der Waals surface area contributed by atoms with Gasteiger partial charge in [-0.2, -0.15) is 0 Å². The van der Waals surface area contributed by atoms with Crippen LogP contribution in [0.3, 0.4) is 0 Å². The maximum Gasteiger partial charge on any atom is 2.00 e. The molecule has 13 nitrogen and oxygen atoms in total. The molecule has 0 aromatic rings. The number of hydrogen-bond donors (Lipinski definition) is 5. The summed E-state index contributed by atoms with van der Waals surface area (Å²) in [6.45, 7) is 0. The number of hydrogen-bond acceptors (Lipinski definition) is 8. The maximum atomic E-state index is 9.00. The van der Waals surface area contributed by atoms with Crippen LogP contribution in [0.2, 0.25) is 0 Å². The number of rotatable bonds is 0. The van der Waals surface area contributed by atoms with Crippen molar-refractivity contribution in [3.8, 4) is 0 Å². The number of primary amides is 2. The Morgan fingerprint density at radius 1 is 0.850 bits per heavy atom. The minimum atomic E-state index is -5.14. The van der Waals surface area contributed by atoms with E-state index >= 15 is 0 Å². The Morgan fingerprint density at radius 3 is 0.850 bits per heavy atom. The van der Waals surface area contributed by atoms with E-state index in [1.165, 1.54) is 0 Å². The number of amides is 2. The Bertz CT molecular complexity index is 216. The van der Waals surface area contributed by atoms with Crippen molar-refractivity contribution in [2.24, 2.45) is 11.5 Å². The molecule has 0 unspecified atom stereocenters. The second-order valence-electron chi connectivity index (χ2n) is 1.36. The molecule has 0 saturated carbocycles. The van der Waals surface area contributed by atoms with Gasteiger partial charge in [0.05, 0.1) is 7.82 Å². The molecule has 0 aliphatic rings. The third kappa shape index (κ3) is 435. The van der Waals surface area contributed by atoms with Gasteiger partial charge in [0.25, 0.3) is 7.82 Å². The molecule has 0 aromatic heterocycles. The normalized spacial score (nSPS) is 7.40. The summed E-state index contributed by atoms with van der Waals surface area (Å²) in [6, 6.07) is -0.833. The van der Waals surface area contributed by atoms with Gasteiger partial charge in [0.2, 0.25) is 0 Å². The minimum absolute atomic E-state index is 0. The van der Waals surface area contributed by atoms with Crippen LogP contribution in [0.25, 0.3) is 0 Å². The van der Waals surface area contributed by atoms with Crippen molar-refractivity contribution in [2.45, 2.75) is 0 Å². The summed E-state index contributed by atoms with van der Waals surface area (Å²) in [5.74, 6) is 0. The standard InChI is InChI=1S/CH4N2O.3K.Mg.2H3O4P.O2/c2-1(3)4;;;;;2*1-5(2,3)4;1-2/h(H4,2,3,4);;;;;2*(H3,1,2,3,4);/q;3*+1;+2;;;-2/p-3. The molecule has 0 fully saturated rings. The SMILES string of the molecule is NC(N)=O.O=P([O-])(O)O.O=P([O-])([O-])O.[K+].[K+].[K+].[Mg+2].[O-][O-]. The molecule has 0 heterocycles. The van der Waals surface area contributed by atoms with Crippen LogP contribution in [0.15, 0.2) is 0 Å². The molecule has 7 N–H and O–H groups in total. The summed E-state index contributed by atoms with van der Waals surface area (Å²) < 4.78 is 17.4. The first-order chi connectivity index (χ1) is 6.73. The van der Waals surface area contributed by atoms with Gasteiger partial charge in [-0.1, -0.05) is 0 Å². The third-order valence-electron chi connectivity index (χ3n) is 0. The van der Waals surface area contributed by atoms with Crippen LogP contribution < -0.4 is 191 Å². The van der Waals surface area contributed by atoms with Gasteiger partial charge in [-0.25, -0.2) is 4.79 Å². The Hall–Kier alpha value is 5.09. The summed E-state index contributed by atoms with van der Waals surface area (Å²) >= 11 is 0. The number of nitrogens with two attached hydrogens (primary N) is 2. The van der Waals surface area contributed by atoms with E-state index in [-0.39, 0.29) is 177 Å².